The summed E-state index contributed by atoms with van der Waals surface area (Å²) in [4.78, 5) is 34.2. The minimum Gasteiger partial charge on any atom is -0.493 e. The van der Waals surface area contributed by atoms with Gasteiger partial charge in [-0.2, -0.15) is 0 Å². The number of H-pyrrole nitrogens is 1. The Labute approximate surface area is 199 Å². The van der Waals surface area contributed by atoms with Crippen LogP contribution >= 0.6 is 0 Å². The molecule has 0 radical (unpaired) electrons. The van der Waals surface area contributed by atoms with Crippen LogP contribution in [0.15, 0.2) is 42.5 Å². The first-order valence-corrected chi connectivity index (χ1v) is 12.1. The maximum absolute atomic E-state index is 13.6. The van der Waals surface area contributed by atoms with Crippen LogP contribution in [0.3, 0.4) is 0 Å². The van der Waals surface area contributed by atoms with E-state index < -0.39 is 12.1 Å². The number of methoxy groups -OCH3 is 1. The quantitative estimate of drug-likeness (QED) is 0.576. The van der Waals surface area contributed by atoms with E-state index >= 15 is 0 Å². The summed E-state index contributed by atoms with van der Waals surface area (Å²) in [6.45, 7) is 5.29. The van der Waals surface area contributed by atoms with Crippen LogP contribution in [0, 0.1) is 0 Å². The Balaban J connectivity index is 1.65. The molecule has 2 aliphatic rings. The number of para-hydroxylation sites is 1. The largest absolute Gasteiger partial charge is 0.493 e. The third-order valence-electron chi connectivity index (χ3n) is 6.93. The number of amides is 2. The van der Waals surface area contributed by atoms with E-state index in [1.54, 1.807) is 16.9 Å². The average Bonchev–Trinajstić information content (AvgIpc) is 3.23. The maximum atomic E-state index is 13.6. The van der Waals surface area contributed by atoms with Crippen LogP contribution < -0.4 is 9.47 Å². The molecule has 2 amide bonds. The Bertz CT molecular complexity index is 1230. The fourth-order valence-corrected chi connectivity index (χ4v) is 5.34. The van der Waals surface area contributed by atoms with E-state index in [0.717, 1.165) is 40.6 Å². The third-order valence-corrected chi connectivity index (χ3v) is 6.93. The lowest BCUT2D eigenvalue weighted by atomic mass is 9.86. The number of aromatic nitrogens is 1. The zero-order valence-corrected chi connectivity index (χ0v) is 20.0. The second-order valence-electron chi connectivity index (χ2n) is 8.94. The van der Waals surface area contributed by atoms with Crippen molar-refractivity contribution in [1.29, 1.82) is 0 Å². The van der Waals surface area contributed by atoms with Crippen LogP contribution in [0.1, 0.15) is 49.6 Å². The van der Waals surface area contributed by atoms with Crippen LogP contribution in [-0.2, 0) is 16.0 Å². The number of hydrogen-bond acceptors (Lipinski definition) is 4. The molecule has 0 aliphatic carbocycles. The molecule has 2 aromatic carbocycles. The summed E-state index contributed by atoms with van der Waals surface area (Å²) in [6.07, 6.45) is 2.38. The molecule has 0 spiro atoms. The number of carbonyl (C=O) groups excluding carboxylic acids is 2. The molecule has 3 aromatic rings. The molecule has 3 heterocycles. The molecular weight excluding hydrogens is 430 g/mol. The second kappa shape index (κ2) is 9.05. The molecule has 0 saturated carbocycles. The van der Waals surface area contributed by atoms with E-state index in [9.17, 15) is 9.59 Å². The van der Waals surface area contributed by atoms with E-state index in [1.165, 1.54) is 0 Å². The van der Waals surface area contributed by atoms with Gasteiger partial charge in [0.15, 0.2) is 11.5 Å². The Morgan fingerprint density at radius 2 is 1.91 bits per heavy atom. The summed E-state index contributed by atoms with van der Waals surface area (Å²) in [6, 6.07) is 13.0. The van der Waals surface area contributed by atoms with E-state index in [-0.39, 0.29) is 18.4 Å². The molecule has 178 valence electrons. The highest BCUT2D eigenvalue weighted by molar-refractivity contribution is 5.97. The minimum absolute atomic E-state index is 0.0251. The number of rotatable bonds is 7. The van der Waals surface area contributed by atoms with Gasteiger partial charge in [0.25, 0.3) is 0 Å². The molecule has 7 heteroatoms. The van der Waals surface area contributed by atoms with Gasteiger partial charge in [0.05, 0.1) is 26.3 Å². The molecule has 7 nitrogen and oxygen atoms in total. The first-order valence-electron chi connectivity index (χ1n) is 12.1. The Morgan fingerprint density at radius 3 is 2.68 bits per heavy atom. The normalized spacial score (nSPS) is 19.9. The van der Waals surface area contributed by atoms with Crippen molar-refractivity contribution in [1.82, 2.24) is 14.8 Å². The van der Waals surface area contributed by atoms with Crippen molar-refractivity contribution in [2.45, 2.75) is 45.2 Å². The van der Waals surface area contributed by atoms with Crippen molar-refractivity contribution in [3.05, 3.63) is 59.3 Å². The topological polar surface area (TPSA) is 74.9 Å². The molecule has 1 unspecified atom stereocenters. The molecule has 1 saturated heterocycles. The lowest BCUT2D eigenvalue weighted by Gasteiger charge is -2.47. The monoisotopic (exact) mass is 461 g/mol. The van der Waals surface area contributed by atoms with Gasteiger partial charge in [-0.1, -0.05) is 37.6 Å². The standard InChI is InChI=1S/C27H31N3O4/c1-4-6-13-29-16-24(31)30-21(27(29)32)15-19-18-9-7-8-10-20(18)28-25(19)26(30)17-11-12-22(34-5-2)23(14-17)33-3/h7-12,14,21,26,28H,4-6,13,15-16H2,1-3H3/t21-,26?/m0/s1. The number of piperazine rings is 1. The van der Waals surface area contributed by atoms with Crippen LogP contribution in [0.25, 0.3) is 10.9 Å². The van der Waals surface area contributed by atoms with Crippen LogP contribution in [0.5, 0.6) is 11.5 Å². The number of carbonyl (C=O) groups is 2. The van der Waals surface area contributed by atoms with Gasteiger partial charge in [0, 0.05) is 29.6 Å². The highest BCUT2D eigenvalue weighted by atomic mass is 16.5. The number of hydrogen-bond donors (Lipinski definition) is 1. The number of ether oxygens (including phenoxy) is 2. The zero-order chi connectivity index (χ0) is 23.8. The predicted molar refractivity (Wildman–Crippen MR) is 130 cm³/mol. The molecule has 2 atom stereocenters. The molecular formula is C27H31N3O4. The summed E-state index contributed by atoms with van der Waals surface area (Å²) in [5.41, 5.74) is 3.97. The second-order valence-corrected chi connectivity index (χ2v) is 8.94. The van der Waals surface area contributed by atoms with Gasteiger partial charge in [0.2, 0.25) is 11.8 Å². The molecule has 1 N–H and O–H groups in total. The van der Waals surface area contributed by atoms with E-state index in [1.807, 2.05) is 43.3 Å². The van der Waals surface area contributed by atoms with Crippen LogP contribution in [-0.4, -0.2) is 59.4 Å². The van der Waals surface area contributed by atoms with E-state index in [2.05, 4.69) is 18.0 Å². The summed E-state index contributed by atoms with van der Waals surface area (Å²) in [7, 11) is 1.61. The SMILES string of the molecule is CCCCN1CC(=O)N2C(c3ccc(OCC)c(OC)c3)c3[nH]c4ccccc4c3C[C@H]2C1=O. The summed E-state index contributed by atoms with van der Waals surface area (Å²) in [5, 5.41) is 1.10. The van der Waals surface area contributed by atoms with Gasteiger partial charge in [-0.3, -0.25) is 9.59 Å². The average molecular weight is 462 g/mol. The molecule has 0 bridgehead atoms. The summed E-state index contributed by atoms with van der Waals surface area (Å²) in [5.74, 6) is 1.28. The molecule has 2 aliphatic heterocycles. The van der Waals surface area contributed by atoms with Crippen molar-refractivity contribution < 1.29 is 19.1 Å². The van der Waals surface area contributed by atoms with Crippen molar-refractivity contribution in [3.63, 3.8) is 0 Å². The van der Waals surface area contributed by atoms with Gasteiger partial charge in [-0.15, -0.1) is 0 Å². The zero-order valence-electron chi connectivity index (χ0n) is 20.0. The van der Waals surface area contributed by atoms with Gasteiger partial charge >= 0.3 is 0 Å². The van der Waals surface area contributed by atoms with Crippen LogP contribution in [0.4, 0.5) is 0 Å². The first-order chi connectivity index (χ1) is 16.6. The van der Waals surface area contributed by atoms with Crippen molar-refractivity contribution >= 4 is 22.7 Å². The first kappa shape index (κ1) is 22.3. The number of fused-ring (bicyclic) bond motifs is 4. The number of unbranched alkanes of at least 4 members (excludes halogenated alkanes) is 1. The lowest BCUT2D eigenvalue weighted by molar-refractivity contribution is -0.158. The number of nitrogens with zero attached hydrogens (tertiary/aromatic N) is 2. The van der Waals surface area contributed by atoms with Crippen LogP contribution in [0.2, 0.25) is 0 Å². The predicted octanol–water partition coefficient (Wildman–Crippen LogP) is 4.06. The van der Waals surface area contributed by atoms with Gasteiger partial charge < -0.3 is 24.3 Å². The van der Waals surface area contributed by atoms with Gasteiger partial charge in [-0.25, -0.2) is 0 Å². The summed E-state index contributed by atoms with van der Waals surface area (Å²) >= 11 is 0. The van der Waals surface area contributed by atoms with Crippen molar-refractivity contribution in [3.8, 4) is 11.5 Å². The highest BCUT2D eigenvalue weighted by Gasteiger charge is 2.48. The number of benzene rings is 2. The number of nitrogens with one attached hydrogen (secondary N) is 1. The fraction of sp³-hybridized carbons (Fsp3) is 0.407. The van der Waals surface area contributed by atoms with E-state index in [4.69, 9.17) is 9.47 Å². The molecule has 1 fully saturated rings. The maximum Gasteiger partial charge on any atom is 0.246 e. The molecule has 34 heavy (non-hydrogen) atoms. The van der Waals surface area contributed by atoms with Gasteiger partial charge in [0.1, 0.15) is 6.04 Å². The Morgan fingerprint density at radius 1 is 1.09 bits per heavy atom. The van der Waals surface area contributed by atoms with Crippen molar-refractivity contribution in [2.75, 3.05) is 26.8 Å². The molecule has 1 aromatic heterocycles. The van der Waals surface area contributed by atoms with Gasteiger partial charge in [-0.05, 0) is 42.7 Å². The smallest absolute Gasteiger partial charge is 0.246 e. The Hall–Kier alpha value is -3.48. The summed E-state index contributed by atoms with van der Waals surface area (Å²) < 4.78 is 11.3. The Kier molecular flexibility index (Phi) is 5.94. The lowest BCUT2D eigenvalue weighted by Crippen LogP contribution is -2.63. The third kappa shape index (κ3) is 3.59. The fourth-order valence-electron chi connectivity index (χ4n) is 5.34. The van der Waals surface area contributed by atoms with E-state index in [0.29, 0.717) is 31.1 Å². The minimum atomic E-state index is -0.521. The highest BCUT2D eigenvalue weighted by Crippen LogP contribution is 2.44. The number of aromatic amines is 1. The molecule has 5 rings (SSSR count). The van der Waals surface area contributed by atoms with Crippen molar-refractivity contribution in [2.24, 2.45) is 0 Å².